The predicted octanol–water partition coefficient (Wildman–Crippen LogP) is 2.81. The van der Waals surface area contributed by atoms with Crippen LogP contribution in [0.1, 0.15) is 21.5 Å². The Kier molecular flexibility index (Phi) is 4.29. The number of rotatable bonds is 4. The maximum Gasteiger partial charge on any atom is 0.254 e. The van der Waals surface area contributed by atoms with Crippen LogP contribution in [0, 0.1) is 13.8 Å². The Hall–Kier alpha value is -3.15. The number of nitrogens with zero attached hydrogens (tertiary/aromatic N) is 1. The van der Waals surface area contributed by atoms with Gasteiger partial charge < -0.3 is 15.1 Å². The van der Waals surface area contributed by atoms with Crippen LogP contribution in [0.3, 0.4) is 0 Å². The van der Waals surface area contributed by atoms with E-state index in [9.17, 15) is 9.59 Å². The summed E-state index contributed by atoms with van der Waals surface area (Å²) < 4.78 is 4.84. The molecule has 1 aromatic carbocycles. The van der Waals surface area contributed by atoms with Gasteiger partial charge in [0.2, 0.25) is 5.91 Å². The van der Waals surface area contributed by atoms with E-state index in [2.05, 4.69) is 15.6 Å². The molecule has 0 bridgehead atoms. The second-order valence-electron chi connectivity index (χ2n) is 5.51. The van der Waals surface area contributed by atoms with Crippen molar-refractivity contribution in [2.45, 2.75) is 13.8 Å². The van der Waals surface area contributed by atoms with Gasteiger partial charge in [-0.1, -0.05) is 0 Å². The third kappa shape index (κ3) is 3.12. The SMILES string of the molecule is Cc1cc(NC(=O)CNC(=O)c2ccoc2)c2cccnc2c1C. The van der Waals surface area contributed by atoms with E-state index in [0.29, 0.717) is 11.3 Å². The highest BCUT2D eigenvalue weighted by Crippen LogP contribution is 2.27. The van der Waals surface area contributed by atoms with Crippen LogP contribution in [0.2, 0.25) is 0 Å². The molecule has 0 aliphatic heterocycles. The van der Waals surface area contributed by atoms with Crippen molar-refractivity contribution in [3.05, 3.63) is 59.7 Å². The maximum atomic E-state index is 12.2. The Labute approximate surface area is 138 Å². The largest absolute Gasteiger partial charge is 0.472 e. The van der Waals surface area contributed by atoms with Crippen LogP contribution >= 0.6 is 0 Å². The number of aryl methyl sites for hydroxylation is 2. The van der Waals surface area contributed by atoms with E-state index < -0.39 is 0 Å². The van der Waals surface area contributed by atoms with Crippen molar-refractivity contribution >= 4 is 28.4 Å². The molecule has 6 heteroatoms. The molecular formula is C18H17N3O3. The van der Waals surface area contributed by atoms with Crippen molar-refractivity contribution in [3.63, 3.8) is 0 Å². The number of furan rings is 1. The number of fused-ring (bicyclic) bond motifs is 1. The summed E-state index contributed by atoms with van der Waals surface area (Å²) in [5.41, 5.74) is 4.04. The number of aromatic nitrogens is 1. The molecule has 3 rings (SSSR count). The molecule has 24 heavy (non-hydrogen) atoms. The highest BCUT2D eigenvalue weighted by atomic mass is 16.3. The van der Waals surface area contributed by atoms with Gasteiger partial charge in [-0.3, -0.25) is 14.6 Å². The van der Waals surface area contributed by atoms with Crippen molar-refractivity contribution in [2.75, 3.05) is 11.9 Å². The first-order chi connectivity index (χ1) is 11.6. The topological polar surface area (TPSA) is 84.2 Å². The summed E-state index contributed by atoms with van der Waals surface area (Å²) in [6.07, 6.45) is 4.46. The van der Waals surface area contributed by atoms with E-state index >= 15 is 0 Å². The zero-order valence-corrected chi connectivity index (χ0v) is 13.4. The average molecular weight is 323 g/mol. The van der Waals surface area contributed by atoms with Crippen molar-refractivity contribution in [3.8, 4) is 0 Å². The summed E-state index contributed by atoms with van der Waals surface area (Å²) >= 11 is 0. The molecule has 2 aromatic heterocycles. The smallest absolute Gasteiger partial charge is 0.254 e. The Morgan fingerprint density at radius 2 is 2.08 bits per heavy atom. The first-order valence-electron chi connectivity index (χ1n) is 7.51. The third-order valence-electron chi connectivity index (χ3n) is 3.87. The molecule has 3 aromatic rings. The van der Waals surface area contributed by atoms with Gasteiger partial charge in [0.05, 0.1) is 29.6 Å². The Bertz CT molecular complexity index is 901. The molecule has 2 heterocycles. The van der Waals surface area contributed by atoms with Gasteiger partial charge in [0, 0.05) is 11.6 Å². The normalized spacial score (nSPS) is 10.6. The van der Waals surface area contributed by atoms with E-state index in [4.69, 9.17) is 4.42 Å². The fourth-order valence-corrected chi connectivity index (χ4v) is 2.46. The van der Waals surface area contributed by atoms with E-state index in [-0.39, 0.29) is 18.4 Å². The molecule has 2 N–H and O–H groups in total. The number of carbonyl (C=O) groups excluding carboxylic acids is 2. The minimum absolute atomic E-state index is 0.126. The summed E-state index contributed by atoms with van der Waals surface area (Å²) in [6, 6.07) is 7.19. The monoisotopic (exact) mass is 323 g/mol. The fourth-order valence-electron chi connectivity index (χ4n) is 2.46. The van der Waals surface area contributed by atoms with Gasteiger partial charge in [-0.25, -0.2) is 0 Å². The number of nitrogens with one attached hydrogen (secondary N) is 2. The van der Waals surface area contributed by atoms with Gasteiger partial charge in [0.1, 0.15) is 6.26 Å². The number of hydrogen-bond acceptors (Lipinski definition) is 4. The highest BCUT2D eigenvalue weighted by molar-refractivity contribution is 6.04. The molecule has 0 saturated heterocycles. The van der Waals surface area contributed by atoms with Gasteiger partial charge in [0.15, 0.2) is 0 Å². The van der Waals surface area contributed by atoms with Gasteiger partial charge in [-0.15, -0.1) is 0 Å². The summed E-state index contributed by atoms with van der Waals surface area (Å²) in [4.78, 5) is 28.4. The summed E-state index contributed by atoms with van der Waals surface area (Å²) in [5, 5.41) is 6.26. The van der Waals surface area contributed by atoms with Crippen LogP contribution in [0.25, 0.3) is 10.9 Å². The van der Waals surface area contributed by atoms with Crippen molar-refractivity contribution in [2.24, 2.45) is 0 Å². The lowest BCUT2D eigenvalue weighted by molar-refractivity contribution is -0.115. The number of amides is 2. The van der Waals surface area contributed by atoms with Crippen LogP contribution in [0.15, 0.2) is 47.4 Å². The number of benzene rings is 1. The van der Waals surface area contributed by atoms with Crippen molar-refractivity contribution < 1.29 is 14.0 Å². The van der Waals surface area contributed by atoms with Gasteiger partial charge in [0.25, 0.3) is 5.91 Å². The standard InChI is InChI=1S/C18H17N3O3/c1-11-8-15(14-4-3-6-19-17(14)12(11)2)21-16(22)9-20-18(23)13-5-7-24-10-13/h3-8,10H,9H2,1-2H3,(H,20,23)(H,21,22). The van der Waals surface area contributed by atoms with Crippen LogP contribution in [-0.4, -0.2) is 23.3 Å². The Balaban J connectivity index is 1.74. The van der Waals surface area contributed by atoms with Crippen LogP contribution in [0.4, 0.5) is 5.69 Å². The summed E-state index contributed by atoms with van der Waals surface area (Å²) in [6.45, 7) is 3.85. The molecule has 0 radical (unpaired) electrons. The second-order valence-corrected chi connectivity index (χ2v) is 5.51. The molecule has 0 fully saturated rings. The molecule has 0 aliphatic carbocycles. The Morgan fingerprint density at radius 3 is 2.83 bits per heavy atom. The number of anilines is 1. The first kappa shape index (κ1) is 15.7. The lowest BCUT2D eigenvalue weighted by Gasteiger charge is -2.12. The molecule has 2 amide bonds. The number of carbonyl (C=O) groups is 2. The molecule has 0 unspecified atom stereocenters. The van der Waals surface area contributed by atoms with E-state index in [1.54, 1.807) is 6.20 Å². The molecule has 0 saturated carbocycles. The highest BCUT2D eigenvalue weighted by Gasteiger charge is 2.12. The van der Waals surface area contributed by atoms with Crippen molar-refractivity contribution in [1.29, 1.82) is 0 Å². The van der Waals surface area contributed by atoms with Crippen LogP contribution in [0.5, 0.6) is 0 Å². The molecule has 0 aliphatic rings. The van der Waals surface area contributed by atoms with E-state index in [1.807, 2.05) is 32.0 Å². The molecule has 122 valence electrons. The Morgan fingerprint density at radius 1 is 1.25 bits per heavy atom. The third-order valence-corrected chi connectivity index (χ3v) is 3.87. The first-order valence-corrected chi connectivity index (χ1v) is 7.51. The maximum absolute atomic E-state index is 12.2. The van der Waals surface area contributed by atoms with Crippen LogP contribution < -0.4 is 10.6 Å². The summed E-state index contributed by atoms with van der Waals surface area (Å²) in [5.74, 6) is -0.661. The quantitative estimate of drug-likeness (QED) is 0.773. The van der Waals surface area contributed by atoms with Gasteiger partial charge in [-0.05, 0) is 49.2 Å². The second kappa shape index (κ2) is 6.54. The zero-order valence-electron chi connectivity index (χ0n) is 13.4. The van der Waals surface area contributed by atoms with Gasteiger partial charge in [-0.2, -0.15) is 0 Å². The molecule has 0 atom stereocenters. The molecular weight excluding hydrogens is 306 g/mol. The summed E-state index contributed by atoms with van der Waals surface area (Å²) in [7, 11) is 0. The lowest BCUT2D eigenvalue weighted by Crippen LogP contribution is -2.32. The zero-order chi connectivity index (χ0) is 17.1. The number of pyridine rings is 1. The predicted molar refractivity (Wildman–Crippen MR) is 90.9 cm³/mol. The average Bonchev–Trinajstić information content (AvgIpc) is 3.12. The van der Waals surface area contributed by atoms with E-state index in [1.165, 1.54) is 18.6 Å². The minimum atomic E-state index is -0.356. The fraction of sp³-hybridized carbons (Fsp3) is 0.167. The van der Waals surface area contributed by atoms with Gasteiger partial charge >= 0.3 is 0 Å². The number of hydrogen-bond donors (Lipinski definition) is 2. The molecule has 6 nitrogen and oxygen atoms in total. The van der Waals surface area contributed by atoms with E-state index in [0.717, 1.165) is 22.0 Å². The van der Waals surface area contributed by atoms with Crippen molar-refractivity contribution in [1.82, 2.24) is 10.3 Å². The minimum Gasteiger partial charge on any atom is -0.472 e. The molecule has 0 spiro atoms. The lowest BCUT2D eigenvalue weighted by atomic mass is 10.0. The van der Waals surface area contributed by atoms with Crippen LogP contribution in [-0.2, 0) is 4.79 Å².